The molecule has 0 saturated carbocycles. The lowest BCUT2D eigenvalue weighted by Gasteiger charge is -2.34. The molecule has 0 unspecified atom stereocenters. The van der Waals surface area contributed by atoms with Crippen LogP contribution in [-0.2, 0) is 18.5 Å². The van der Waals surface area contributed by atoms with Gasteiger partial charge in [-0.05, 0) is 73.9 Å². The van der Waals surface area contributed by atoms with Gasteiger partial charge >= 0.3 is 5.97 Å². The molecule has 6 aromatic rings. The van der Waals surface area contributed by atoms with E-state index < -0.39 is 11.5 Å². The van der Waals surface area contributed by atoms with Crippen LogP contribution in [0.5, 0.6) is 0 Å². The molecule has 10 heteroatoms. The molecule has 54 heavy (non-hydrogen) atoms. The summed E-state index contributed by atoms with van der Waals surface area (Å²) in [6.07, 6.45) is 5.89. The number of tetrazole rings is 1. The Balaban J connectivity index is 1.34. The van der Waals surface area contributed by atoms with Gasteiger partial charge in [0, 0.05) is 27.6 Å². The summed E-state index contributed by atoms with van der Waals surface area (Å²) < 4.78 is 8.35. The Kier molecular flexibility index (Phi) is 9.52. The molecule has 0 atom stereocenters. The number of carboxylic acids is 1. The number of unbranched alkanes of at least 4 members (excludes halogenated alkanes) is 1. The summed E-state index contributed by atoms with van der Waals surface area (Å²) >= 11 is 3.94. The van der Waals surface area contributed by atoms with Crippen molar-refractivity contribution in [2.45, 2.75) is 45.2 Å². The van der Waals surface area contributed by atoms with E-state index in [0.29, 0.717) is 17.9 Å². The highest BCUT2D eigenvalue weighted by molar-refractivity contribution is 9.10. The van der Waals surface area contributed by atoms with E-state index in [9.17, 15) is 9.90 Å². The van der Waals surface area contributed by atoms with Crippen molar-refractivity contribution in [3.63, 3.8) is 0 Å². The third-order valence-electron chi connectivity index (χ3n) is 10.1. The van der Waals surface area contributed by atoms with E-state index in [0.717, 1.165) is 73.2 Å². The van der Waals surface area contributed by atoms with Crippen LogP contribution in [-0.4, -0.2) is 40.8 Å². The van der Waals surface area contributed by atoms with Gasteiger partial charge in [0.05, 0.1) is 24.8 Å². The maximum absolute atomic E-state index is 12.7. The Hall–Kier alpha value is -6.13. The Morgan fingerprint density at radius 1 is 0.796 bits per heavy atom. The van der Waals surface area contributed by atoms with Gasteiger partial charge in [0.25, 0.3) is 0 Å². The largest absolute Gasteiger partial charge is 0.477 e. The molecule has 2 aliphatic rings. The number of aromatic carboxylic acids is 1. The quantitative estimate of drug-likeness (QED) is 0.123. The van der Waals surface area contributed by atoms with E-state index in [2.05, 4.69) is 59.3 Å². The summed E-state index contributed by atoms with van der Waals surface area (Å²) in [7, 11) is 0. The number of rotatable bonds is 12. The number of hydrogen-bond acceptors (Lipinski definition) is 6. The molecule has 0 radical (unpaired) electrons. The Morgan fingerprint density at radius 3 is 1.98 bits per heavy atom. The first-order chi connectivity index (χ1) is 26.4. The minimum Gasteiger partial charge on any atom is -0.477 e. The second kappa shape index (κ2) is 14.7. The Morgan fingerprint density at radius 2 is 1.39 bits per heavy atom. The summed E-state index contributed by atoms with van der Waals surface area (Å²) in [5.74, 6) is 0.189. The van der Waals surface area contributed by atoms with Crippen molar-refractivity contribution < 1.29 is 14.3 Å². The summed E-state index contributed by atoms with van der Waals surface area (Å²) in [5.41, 5.74) is 7.97. The zero-order valence-electron chi connectivity index (χ0n) is 29.9. The van der Waals surface area contributed by atoms with Crippen LogP contribution < -0.4 is 0 Å². The van der Waals surface area contributed by atoms with E-state index in [4.69, 9.17) is 24.8 Å². The van der Waals surface area contributed by atoms with Gasteiger partial charge in [-0.1, -0.05) is 129 Å². The number of aromatic nitrogens is 6. The Labute approximate surface area is 321 Å². The molecule has 0 bridgehead atoms. The number of hydrogen-bond donors (Lipinski definition) is 1. The number of carbonyl (C=O) groups is 1. The molecule has 1 aliphatic heterocycles. The lowest BCUT2D eigenvalue weighted by atomic mass is 9.77. The fourth-order valence-corrected chi connectivity index (χ4v) is 8.41. The van der Waals surface area contributed by atoms with Crippen molar-refractivity contribution in [1.82, 2.24) is 29.8 Å². The first kappa shape index (κ1) is 34.9. The average molecular weight is 778 g/mol. The highest BCUT2D eigenvalue weighted by Gasteiger charge is 2.41. The van der Waals surface area contributed by atoms with E-state index in [1.807, 2.05) is 89.5 Å². The lowest BCUT2D eigenvalue weighted by molar-refractivity contribution is 0.0684. The van der Waals surface area contributed by atoms with Gasteiger partial charge in [-0.25, -0.2) is 9.78 Å². The van der Waals surface area contributed by atoms with Crippen molar-refractivity contribution in [3.8, 4) is 33.6 Å². The molecule has 3 heterocycles. The molecule has 0 amide bonds. The van der Waals surface area contributed by atoms with Gasteiger partial charge in [-0.15, -0.1) is 15.0 Å². The number of carboxylic acid groups (broad SMARTS) is 1. The maximum atomic E-state index is 12.7. The van der Waals surface area contributed by atoms with Crippen LogP contribution in [0.3, 0.4) is 0 Å². The fraction of sp³-hybridized carbons (Fsp3) is 0.159. The number of nitrogens with zero attached hydrogens (tertiary/aromatic N) is 6. The summed E-state index contributed by atoms with van der Waals surface area (Å²) in [5, 5.41) is 25.2. The van der Waals surface area contributed by atoms with Crippen molar-refractivity contribution >= 4 is 21.9 Å². The Bertz CT molecular complexity index is 2430. The molecular weight excluding hydrogens is 740 g/mol. The van der Waals surface area contributed by atoms with Crippen molar-refractivity contribution in [2.75, 3.05) is 0 Å². The monoisotopic (exact) mass is 776 g/mol. The number of imidazole rings is 1. The zero-order chi connectivity index (χ0) is 37.2. The van der Waals surface area contributed by atoms with Gasteiger partial charge in [-0.2, -0.15) is 0 Å². The molecule has 2 aromatic heterocycles. The fourth-order valence-electron chi connectivity index (χ4n) is 7.65. The van der Waals surface area contributed by atoms with Crippen LogP contribution in [0.15, 0.2) is 143 Å². The van der Waals surface area contributed by atoms with Crippen LogP contribution in [0, 0.1) is 6.92 Å². The SMILES string of the molecule is CCCCc1nc(C)c(C(=O)O)n1Cc1c2ccocc-2c(Br)c1-c1ccccc1-c1nnn(C(c2ccccc2)(c2ccccc2)c2ccccc2)n1. The van der Waals surface area contributed by atoms with Crippen LogP contribution in [0.25, 0.3) is 33.6 Å². The molecule has 0 saturated heterocycles. The van der Waals surface area contributed by atoms with Crippen LogP contribution >= 0.6 is 15.9 Å². The minimum atomic E-state index is -1.01. The average Bonchev–Trinajstić information content (AvgIpc) is 3.90. The lowest BCUT2D eigenvalue weighted by Crippen LogP contribution is -2.39. The standard InChI is InChI=1S/C44H37BrN6O3/c1-3-4-24-38-46-29(2)41(43(52)53)50(38)27-36-33-25-26-54-28-37(33)40(45)39(36)34-22-14-15-23-35(34)42-47-49-51(48-42)44(30-16-8-5-9-17-30,31-18-10-6-11-19-31)32-20-12-7-13-21-32/h5-23,25-26,28H,3-4,24,27H2,1-2H3,(H,52,53). The molecule has 1 N–H and O–H groups in total. The normalized spacial score (nSPS) is 11.7. The predicted octanol–water partition coefficient (Wildman–Crippen LogP) is 9.90. The second-order valence-corrected chi connectivity index (χ2v) is 14.1. The van der Waals surface area contributed by atoms with Crippen LogP contribution in [0.1, 0.15) is 64.0 Å². The highest BCUT2D eigenvalue weighted by Crippen LogP contribution is 2.49. The number of halogens is 1. The van der Waals surface area contributed by atoms with Crippen molar-refractivity contribution in [3.05, 3.63) is 178 Å². The van der Waals surface area contributed by atoms with Crippen LogP contribution in [0.4, 0.5) is 0 Å². The van der Waals surface area contributed by atoms with Gasteiger partial charge in [-0.3, -0.25) is 0 Å². The number of fused-ring (bicyclic) bond motifs is 1. The van der Waals surface area contributed by atoms with Crippen LogP contribution in [0.2, 0.25) is 0 Å². The molecule has 0 spiro atoms. The summed E-state index contributed by atoms with van der Waals surface area (Å²) in [4.78, 5) is 19.1. The molecule has 8 rings (SSSR count). The second-order valence-electron chi connectivity index (χ2n) is 13.3. The van der Waals surface area contributed by atoms with E-state index >= 15 is 0 Å². The van der Waals surface area contributed by atoms with Crippen molar-refractivity contribution in [1.29, 1.82) is 0 Å². The zero-order valence-corrected chi connectivity index (χ0v) is 31.4. The summed E-state index contributed by atoms with van der Waals surface area (Å²) in [6, 6.07) is 40.7. The molecule has 0 fully saturated rings. The third-order valence-corrected chi connectivity index (χ3v) is 10.9. The van der Waals surface area contributed by atoms with Gasteiger partial charge in [0.15, 0.2) is 11.2 Å². The maximum Gasteiger partial charge on any atom is 0.354 e. The minimum absolute atomic E-state index is 0.190. The number of benzene rings is 4. The molecule has 1 aliphatic carbocycles. The first-order valence-electron chi connectivity index (χ1n) is 18.0. The van der Waals surface area contributed by atoms with Gasteiger partial charge in [0.2, 0.25) is 5.82 Å². The van der Waals surface area contributed by atoms with Gasteiger partial charge in [0.1, 0.15) is 5.82 Å². The molecule has 4 aromatic carbocycles. The van der Waals surface area contributed by atoms with E-state index in [-0.39, 0.29) is 12.2 Å². The topological polar surface area (TPSA) is 112 Å². The molecule has 268 valence electrons. The smallest absolute Gasteiger partial charge is 0.354 e. The molecule has 9 nitrogen and oxygen atoms in total. The first-order valence-corrected chi connectivity index (χ1v) is 18.7. The number of aryl methyl sites for hydroxylation is 2. The molecular formula is C44H37BrN6O3. The highest BCUT2D eigenvalue weighted by atomic mass is 79.9. The third kappa shape index (κ3) is 5.92. The predicted molar refractivity (Wildman–Crippen MR) is 212 cm³/mol. The summed E-state index contributed by atoms with van der Waals surface area (Å²) in [6.45, 7) is 4.17. The van der Waals surface area contributed by atoms with E-state index in [1.165, 1.54) is 0 Å². The van der Waals surface area contributed by atoms with Crippen molar-refractivity contribution in [2.24, 2.45) is 0 Å². The van der Waals surface area contributed by atoms with Gasteiger partial charge < -0.3 is 14.1 Å². The van der Waals surface area contributed by atoms with E-state index in [1.54, 1.807) is 24.2 Å².